The first-order valence-corrected chi connectivity index (χ1v) is 11.5. The molecule has 0 aliphatic rings. The van der Waals surface area contributed by atoms with E-state index >= 15 is 0 Å². The fraction of sp³-hybridized carbons (Fsp3) is 0.310. The first-order chi connectivity index (χ1) is 16.5. The van der Waals surface area contributed by atoms with Gasteiger partial charge in [-0.15, -0.1) is 12.4 Å². The number of benzene rings is 3. The largest absolute Gasteiger partial charge is 0.497 e. The van der Waals surface area contributed by atoms with Gasteiger partial charge in [-0.25, -0.2) is 0 Å². The van der Waals surface area contributed by atoms with Crippen LogP contribution in [0.25, 0.3) is 12.2 Å². The van der Waals surface area contributed by atoms with Gasteiger partial charge in [0.1, 0.15) is 23.0 Å². The van der Waals surface area contributed by atoms with Gasteiger partial charge < -0.3 is 24.3 Å². The van der Waals surface area contributed by atoms with Crippen LogP contribution < -0.4 is 24.3 Å². The number of methoxy groups -OCH3 is 3. The average molecular weight is 498 g/mol. The van der Waals surface area contributed by atoms with Crippen LogP contribution >= 0.6 is 12.4 Å². The van der Waals surface area contributed by atoms with Crippen molar-refractivity contribution in [1.82, 2.24) is 5.32 Å². The molecule has 0 unspecified atom stereocenters. The number of hydrogen-bond acceptors (Lipinski definition) is 5. The maximum Gasteiger partial charge on any atom is 0.127 e. The van der Waals surface area contributed by atoms with E-state index in [1.807, 2.05) is 36.4 Å². The maximum absolute atomic E-state index is 5.79. The van der Waals surface area contributed by atoms with Gasteiger partial charge in [0.25, 0.3) is 0 Å². The van der Waals surface area contributed by atoms with Gasteiger partial charge in [-0.2, -0.15) is 0 Å². The standard InChI is InChI=1S/C29H35NO4.ClH/c1-21(2)20-34-26-14-7-22(8-15-26)6-11-24-16-27(32-4)17-29(33-5)28(24)19-30-18-23-9-12-25(31-3)13-10-23;/h6-17,21,30H,18-20H2,1-5H3;1H/b11-6+;. The van der Waals surface area contributed by atoms with E-state index in [1.165, 1.54) is 5.56 Å². The van der Waals surface area contributed by atoms with Crippen LogP contribution in [0, 0.1) is 5.92 Å². The molecule has 3 rings (SSSR count). The zero-order valence-electron chi connectivity index (χ0n) is 21.2. The maximum atomic E-state index is 5.79. The van der Waals surface area contributed by atoms with Crippen LogP contribution in [0.4, 0.5) is 0 Å². The van der Waals surface area contributed by atoms with Crippen molar-refractivity contribution in [3.8, 4) is 23.0 Å². The molecule has 0 fully saturated rings. The summed E-state index contributed by atoms with van der Waals surface area (Å²) in [5.41, 5.74) is 4.39. The Morgan fingerprint density at radius 1 is 0.743 bits per heavy atom. The number of rotatable bonds is 12. The molecule has 0 aliphatic heterocycles. The molecule has 0 radical (unpaired) electrons. The SMILES string of the molecule is COc1ccc(CNCc2c(/C=C/c3ccc(OCC(C)C)cc3)cc(OC)cc2OC)cc1.Cl. The van der Waals surface area contributed by atoms with E-state index in [4.69, 9.17) is 18.9 Å². The predicted octanol–water partition coefficient (Wildman–Crippen LogP) is 6.63. The molecular formula is C29H36ClNO4. The van der Waals surface area contributed by atoms with Crippen LogP contribution in [-0.2, 0) is 13.1 Å². The van der Waals surface area contributed by atoms with Crippen molar-refractivity contribution in [1.29, 1.82) is 0 Å². The van der Waals surface area contributed by atoms with E-state index < -0.39 is 0 Å². The second kappa shape index (κ2) is 14.3. The third-order valence-corrected chi connectivity index (χ3v) is 5.38. The minimum absolute atomic E-state index is 0. The molecule has 35 heavy (non-hydrogen) atoms. The van der Waals surface area contributed by atoms with E-state index in [9.17, 15) is 0 Å². The van der Waals surface area contributed by atoms with Gasteiger partial charge in [0.15, 0.2) is 0 Å². The van der Waals surface area contributed by atoms with Crippen molar-refractivity contribution in [3.05, 3.63) is 82.9 Å². The number of nitrogens with one attached hydrogen (secondary N) is 1. The summed E-state index contributed by atoms with van der Waals surface area (Å²) < 4.78 is 22.2. The lowest BCUT2D eigenvalue weighted by Gasteiger charge is -2.15. The Bertz CT molecular complexity index is 1060. The highest BCUT2D eigenvalue weighted by atomic mass is 35.5. The zero-order chi connectivity index (χ0) is 24.3. The normalized spacial score (nSPS) is 10.8. The fourth-order valence-corrected chi connectivity index (χ4v) is 3.48. The molecule has 1 N–H and O–H groups in total. The summed E-state index contributed by atoms with van der Waals surface area (Å²) in [6.45, 7) is 6.39. The predicted molar refractivity (Wildman–Crippen MR) is 146 cm³/mol. The van der Waals surface area contributed by atoms with Crippen molar-refractivity contribution in [2.24, 2.45) is 5.92 Å². The third-order valence-electron chi connectivity index (χ3n) is 5.38. The molecular weight excluding hydrogens is 462 g/mol. The Hall–Kier alpha value is -3.15. The number of halogens is 1. The molecule has 0 aromatic heterocycles. The molecule has 5 nitrogen and oxygen atoms in total. The summed E-state index contributed by atoms with van der Waals surface area (Å²) >= 11 is 0. The van der Waals surface area contributed by atoms with Gasteiger partial charge in [-0.05, 0) is 52.9 Å². The molecule has 3 aromatic rings. The lowest BCUT2D eigenvalue weighted by molar-refractivity contribution is 0.271. The molecule has 0 amide bonds. The van der Waals surface area contributed by atoms with Gasteiger partial charge >= 0.3 is 0 Å². The Labute approximate surface area is 215 Å². The van der Waals surface area contributed by atoms with Crippen molar-refractivity contribution in [3.63, 3.8) is 0 Å². The molecule has 3 aromatic carbocycles. The molecule has 0 atom stereocenters. The fourth-order valence-electron chi connectivity index (χ4n) is 3.48. The zero-order valence-corrected chi connectivity index (χ0v) is 22.0. The first kappa shape index (κ1) is 28.1. The van der Waals surface area contributed by atoms with E-state index in [0.717, 1.165) is 46.2 Å². The molecule has 0 spiro atoms. The first-order valence-electron chi connectivity index (χ1n) is 11.5. The Balaban J connectivity index is 0.00000432. The van der Waals surface area contributed by atoms with Gasteiger partial charge in [0.2, 0.25) is 0 Å². The van der Waals surface area contributed by atoms with Gasteiger partial charge in [-0.3, -0.25) is 0 Å². The highest BCUT2D eigenvalue weighted by molar-refractivity contribution is 5.85. The second-order valence-electron chi connectivity index (χ2n) is 8.46. The average Bonchev–Trinajstić information content (AvgIpc) is 2.87. The summed E-state index contributed by atoms with van der Waals surface area (Å²) in [4.78, 5) is 0. The van der Waals surface area contributed by atoms with Crippen LogP contribution in [0.5, 0.6) is 23.0 Å². The molecule has 6 heteroatoms. The van der Waals surface area contributed by atoms with Crippen LogP contribution in [0.2, 0.25) is 0 Å². The molecule has 0 saturated heterocycles. The Kier molecular flexibility index (Phi) is 11.5. The van der Waals surface area contributed by atoms with Crippen molar-refractivity contribution < 1.29 is 18.9 Å². The molecule has 0 saturated carbocycles. The highest BCUT2D eigenvalue weighted by Gasteiger charge is 2.11. The Morgan fingerprint density at radius 2 is 1.40 bits per heavy atom. The van der Waals surface area contributed by atoms with Gasteiger partial charge in [0.05, 0.1) is 27.9 Å². The van der Waals surface area contributed by atoms with Crippen LogP contribution in [0.15, 0.2) is 60.7 Å². The second-order valence-corrected chi connectivity index (χ2v) is 8.46. The topological polar surface area (TPSA) is 49.0 Å². The van der Waals surface area contributed by atoms with E-state index in [2.05, 4.69) is 55.6 Å². The van der Waals surface area contributed by atoms with E-state index in [-0.39, 0.29) is 12.4 Å². The summed E-state index contributed by atoms with van der Waals surface area (Å²) in [7, 11) is 5.03. The van der Waals surface area contributed by atoms with Crippen molar-refractivity contribution >= 4 is 24.6 Å². The van der Waals surface area contributed by atoms with Crippen molar-refractivity contribution in [2.45, 2.75) is 26.9 Å². The lowest BCUT2D eigenvalue weighted by atomic mass is 10.0. The highest BCUT2D eigenvalue weighted by Crippen LogP contribution is 2.30. The molecule has 0 bridgehead atoms. The summed E-state index contributed by atoms with van der Waals surface area (Å²) in [6.07, 6.45) is 4.19. The molecule has 0 aliphatic carbocycles. The summed E-state index contributed by atoms with van der Waals surface area (Å²) in [5, 5.41) is 3.52. The van der Waals surface area contributed by atoms with Crippen LogP contribution in [-0.4, -0.2) is 27.9 Å². The number of hydrogen-bond donors (Lipinski definition) is 1. The van der Waals surface area contributed by atoms with E-state index in [0.29, 0.717) is 19.1 Å². The van der Waals surface area contributed by atoms with Crippen LogP contribution in [0.1, 0.15) is 36.1 Å². The third kappa shape index (κ3) is 8.53. The quantitative estimate of drug-likeness (QED) is 0.284. The molecule has 188 valence electrons. The minimum Gasteiger partial charge on any atom is -0.497 e. The molecule has 0 heterocycles. The number of ether oxygens (including phenoxy) is 4. The smallest absolute Gasteiger partial charge is 0.127 e. The summed E-state index contributed by atoms with van der Waals surface area (Å²) in [5.74, 6) is 3.79. The van der Waals surface area contributed by atoms with Gasteiger partial charge in [0, 0.05) is 24.7 Å². The van der Waals surface area contributed by atoms with Gasteiger partial charge in [-0.1, -0.05) is 50.3 Å². The summed E-state index contributed by atoms with van der Waals surface area (Å²) in [6, 6.07) is 20.1. The van der Waals surface area contributed by atoms with Crippen LogP contribution in [0.3, 0.4) is 0 Å². The Morgan fingerprint density at radius 3 is 2.00 bits per heavy atom. The van der Waals surface area contributed by atoms with E-state index in [1.54, 1.807) is 21.3 Å². The minimum atomic E-state index is 0. The van der Waals surface area contributed by atoms with Crippen molar-refractivity contribution in [2.75, 3.05) is 27.9 Å². The lowest BCUT2D eigenvalue weighted by Crippen LogP contribution is -2.14. The monoisotopic (exact) mass is 497 g/mol.